The first kappa shape index (κ1) is 42.3. The van der Waals surface area contributed by atoms with Crippen LogP contribution in [0.2, 0.25) is 0 Å². The van der Waals surface area contributed by atoms with Gasteiger partial charge in [0.05, 0.1) is 40.9 Å². The van der Waals surface area contributed by atoms with Crippen LogP contribution < -0.4 is 0 Å². The van der Waals surface area contributed by atoms with Gasteiger partial charge in [0.25, 0.3) is 0 Å². The smallest absolute Gasteiger partial charge is 0.337 e. The van der Waals surface area contributed by atoms with Crippen LogP contribution in [0.15, 0.2) is 22.1 Å². The van der Waals surface area contributed by atoms with E-state index in [0.29, 0.717) is 40.9 Å². The lowest BCUT2D eigenvalue weighted by atomic mass is 9.79. The van der Waals surface area contributed by atoms with Crippen molar-refractivity contribution in [2.45, 2.75) is 103 Å². The van der Waals surface area contributed by atoms with E-state index in [2.05, 4.69) is 9.98 Å². The van der Waals surface area contributed by atoms with Gasteiger partial charge in [-0.1, -0.05) is 13.8 Å². The van der Waals surface area contributed by atoms with E-state index < -0.39 is 146 Å². The first-order valence-electron chi connectivity index (χ1n) is 19.6. The summed E-state index contributed by atoms with van der Waals surface area (Å²) < 4.78 is 145. The van der Waals surface area contributed by atoms with Gasteiger partial charge in [-0.3, -0.25) is 19.2 Å². The van der Waals surface area contributed by atoms with Crippen LogP contribution >= 0.6 is 34.0 Å². The molecule has 0 radical (unpaired) electrons. The summed E-state index contributed by atoms with van der Waals surface area (Å²) in [5.41, 5.74) is 0.717. The number of carbonyl (C=O) groups is 4. The Morgan fingerprint density at radius 3 is 1.16 bits per heavy atom. The minimum absolute atomic E-state index is 0.136. The van der Waals surface area contributed by atoms with Crippen LogP contribution in [0, 0.1) is 35.5 Å². The number of rotatable bonds is 8. The van der Waals surface area contributed by atoms with Gasteiger partial charge in [-0.05, 0) is 49.7 Å². The van der Waals surface area contributed by atoms with Gasteiger partial charge in [-0.15, -0.1) is 34.0 Å². The largest absolute Gasteiger partial charge is 0.389 e. The molecule has 0 saturated heterocycles. The van der Waals surface area contributed by atoms with E-state index in [-0.39, 0.29) is 23.1 Å². The molecule has 5 aromatic heterocycles. The zero-order chi connectivity index (χ0) is 43.8. The minimum atomic E-state index is -4.54. The van der Waals surface area contributed by atoms with Crippen molar-refractivity contribution in [3.8, 4) is 0 Å². The molecule has 4 fully saturated rings. The summed E-state index contributed by atoms with van der Waals surface area (Å²) in [5, 5.41) is 0.272. The fraction of sp³-hybridized carbons (Fsp3) is 0.550. The van der Waals surface area contributed by atoms with Crippen LogP contribution in [0.1, 0.15) is 52.4 Å². The Morgan fingerprint density at radius 2 is 0.869 bits per heavy atom. The number of hydrogen-bond acceptors (Lipinski definition) is 9. The fourth-order valence-corrected chi connectivity index (χ4v) is 13.4. The van der Waals surface area contributed by atoms with Crippen molar-refractivity contribution in [2.75, 3.05) is 0 Å². The third kappa shape index (κ3) is 7.26. The van der Waals surface area contributed by atoms with Crippen LogP contribution in [-0.2, 0) is 32.3 Å². The molecular formula is C40H34F10N4O4S3. The Hall–Kier alpha value is -3.98. The third-order valence-electron chi connectivity index (χ3n) is 12.3. The molecule has 5 aromatic rings. The summed E-state index contributed by atoms with van der Waals surface area (Å²) in [7, 11) is 0. The first-order valence-corrected chi connectivity index (χ1v) is 22.1. The molecule has 21 heteroatoms. The highest BCUT2D eigenvalue weighted by molar-refractivity contribution is 7.35. The topological polar surface area (TPSA) is 103 Å². The molecule has 0 spiro atoms. The van der Waals surface area contributed by atoms with E-state index in [0.717, 1.165) is 22.7 Å². The maximum atomic E-state index is 14.2. The number of alkyl halides is 10. The van der Waals surface area contributed by atoms with Crippen LogP contribution in [0.4, 0.5) is 53.9 Å². The molecule has 0 aromatic carbocycles. The molecule has 61 heavy (non-hydrogen) atoms. The molecule has 0 bridgehead atoms. The van der Waals surface area contributed by atoms with Crippen molar-refractivity contribution in [1.29, 1.82) is 0 Å². The molecule has 10 atom stereocenters. The molecule has 4 aliphatic carbocycles. The van der Waals surface area contributed by atoms with E-state index in [1.165, 1.54) is 37.3 Å². The second kappa shape index (κ2) is 14.8. The number of hydrogen-bond donors (Lipinski definition) is 0. The van der Waals surface area contributed by atoms with Gasteiger partial charge in [0.1, 0.15) is 34.7 Å². The Kier molecular flexibility index (Phi) is 10.3. The van der Waals surface area contributed by atoms with Crippen LogP contribution in [0.5, 0.6) is 0 Å². The maximum absolute atomic E-state index is 14.2. The average Bonchev–Trinajstić information content (AvgIpc) is 4.00. The van der Waals surface area contributed by atoms with Gasteiger partial charge in [0.2, 0.25) is 0 Å². The number of halogens is 10. The lowest BCUT2D eigenvalue weighted by Gasteiger charge is -2.27. The molecular weight excluding hydrogens is 887 g/mol. The Bertz CT molecular complexity index is 2490. The van der Waals surface area contributed by atoms with Gasteiger partial charge in [-0.25, -0.2) is 27.5 Å². The summed E-state index contributed by atoms with van der Waals surface area (Å²) >= 11 is 3.24. The fourth-order valence-electron chi connectivity index (χ4n) is 9.72. The van der Waals surface area contributed by atoms with Gasteiger partial charge in [0, 0.05) is 49.6 Å². The predicted molar refractivity (Wildman–Crippen MR) is 212 cm³/mol. The van der Waals surface area contributed by atoms with Gasteiger partial charge < -0.3 is 9.13 Å². The number of Topliss-reactive ketones (excluding diaryl/α,β-unsaturated/α-hetero) is 4. The van der Waals surface area contributed by atoms with Gasteiger partial charge >= 0.3 is 12.4 Å². The van der Waals surface area contributed by atoms with E-state index >= 15 is 0 Å². The Balaban J connectivity index is 1.20. The van der Waals surface area contributed by atoms with Crippen molar-refractivity contribution in [2.24, 2.45) is 45.5 Å². The number of nitrogens with zero attached hydrogens (tertiary/aromatic N) is 4. The van der Waals surface area contributed by atoms with Crippen LogP contribution in [0.3, 0.4) is 0 Å². The zero-order valence-corrected chi connectivity index (χ0v) is 34.5. The van der Waals surface area contributed by atoms with Gasteiger partial charge in [-0.2, -0.15) is 26.3 Å². The number of carbonyl (C=O) groups excluding carboxylic acids is 4. The van der Waals surface area contributed by atoms with Crippen LogP contribution in [0.25, 0.3) is 40.9 Å². The molecule has 0 amide bonds. The molecule has 4 saturated carbocycles. The Morgan fingerprint density at radius 1 is 0.557 bits per heavy atom. The normalized spacial score (nSPS) is 28.6. The number of thiophene rings is 3. The zero-order valence-electron chi connectivity index (χ0n) is 32.0. The van der Waals surface area contributed by atoms with Crippen molar-refractivity contribution >= 4 is 119 Å². The lowest BCUT2D eigenvalue weighted by molar-refractivity contribution is -0.144. The van der Waals surface area contributed by atoms with Crippen molar-refractivity contribution < 1.29 is 63.1 Å². The standard InChI is InChI=1S/C40H34F10N4O4S3/c1-13(9-39(45,46)47)11-53-23-7-25(51-27-31(55)15-3-19(41)20(42)4-16(15)32(27)56)59-35(23)37-29(53)30-38(61-37)36-24(54(30)12-14(2)10-40(48,49)50)8-26(60-36)52-28-33(57)17-5-21(43)22(44)6-18(17)34(28)58/h7-8,13-22H,3-6,9-12H2,1-2H3. The summed E-state index contributed by atoms with van der Waals surface area (Å²) in [6.07, 6.45) is -20.9. The quantitative estimate of drug-likeness (QED) is 0.145. The highest BCUT2D eigenvalue weighted by Crippen LogP contribution is 2.52. The molecule has 326 valence electrons. The lowest BCUT2D eigenvalue weighted by Crippen LogP contribution is -2.35. The summed E-state index contributed by atoms with van der Waals surface area (Å²) in [6.45, 7) is 2.37. The molecule has 10 unspecified atom stereocenters. The highest BCUT2D eigenvalue weighted by Gasteiger charge is 2.54. The van der Waals surface area contributed by atoms with E-state index in [1.807, 2.05) is 0 Å². The van der Waals surface area contributed by atoms with E-state index in [4.69, 9.17) is 0 Å². The minimum Gasteiger partial charge on any atom is -0.337 e. The van der Waals surface area contributed by atoms with E-state index in [9.17, 15) is 63.1 Å². The second-order valence-electron chi connectivity index (χ2n) is 16.9. The number of ketones is 4. The highest BCUT2D eigenvalue weighted by atomic mass is 32.1. The molecule has 5 heterocycles. The molecule has 8 nitrogen and oxygen atoms in total. The molecule has 4 aliphatic rings. The summed E-state index contributed by atoms with van der Waals surface area (Å²) in [6, 6.07) is 3.01. The second-order valence-corrected chi connectivity index (χ2v) is 20.0. The number of aliphatic imine (C=N–C) groups is 2. The monoisotopic (exact) mass is 920 g/mol. The van der Waals surface area contributed by atoms with Crippen LogP contribution in [-0.4, -0.2) is 80.7 Å². The van der Waals surface area contributed by atoms with E-state index in [1.54, 1.807) is 9.13 Å². The molecule has 0 N–H and O–H groups in total. The predicted octanol–water partition coefficient (Wildman–Crippen LogP) is 11.1. The summed E-state index contributed by atoms with van der Waals surface area (Å²) in [5.74, 6) is -9.12. The number of fused-ring (bicyclic) bond motifs is 9. The maximum Gasteiger partial charge on any atom is 0.389 e. The SMILES string of the molecule is CC(Cn1c2cc(N=C3C(=O)C4CC(F)C(F)CC4C3=O)sc2c2sc3c4sc(N=C5C(=O)C6CC(F)C(F)CC6C5=O)cc4n(CC(C)CC(F)(F)F)c3c21)CC(F)(F)F. The first-order chi connectivity index (χ1) is 28.6. The third-order valence-corrected chi connectivity index (χ3v) is 15.9. The van der Waals surface area contributed by atoms with Gasteiger partial charge in [0.15, 0.2) is 34.6 Å². The summed E-state index contributed by atoms with van der Waals surface area (Å²) in [4.78, 5) is 61.8. The molecule has 0 aliphatic heterocycles. The molecule has 9 rings (SSSR count). The van der Waals surface area contributed by atoms with Crippen molar-refractivity contribution in [3.05, 3.63) is 12.1 Å². The Labute approximate surface area is 350 Å². The van der Waals surface area contributed by atoms with Crippen molar-refractivity contribution in [3.63, 3.8) is 0 Å². The van der Waals surface area contributed by atoms with Crippen molar-refractivity contribution in [1.82, 2.24) is 9.13 Å². The number of aromatic nitrogens is 2. The average molecular weight is 921 g/mol.